The molecule has 0 saturated heterocycles. The van der Waals surface area contributed by atoms with E-state index in [0.717, 1.165) is 28.0 Å². The van der Waals surface area contributed by atoms with E-state index in [1.54, 1.807) is 36.4 Å². The van der Waals surface area contributed by atoms with Crippen molar-refractivity contribution in [3.8, 4) is 11.4 Å². The number of aromatic nitrogens is 6. The highest BCUT2D eigenvalue weighted by Crippen LogP contribution is 2.24. The van der Waals surface area contributed by atoms with Gasteiger partial charge in [-0.3, -0.25) is 9.48 Å². The third kappa shape index (κ3) is 2.81. The number of H-pyrrole nitrogens is 1. The standard InChI is InChI=1S/C18H17N7O/c1-10-13(9-21-25(10)3)18(26)24-17-7-15-12(8-20-17)6-16(23-15)14-4-5-19-11(2)22-14/h4-9,23H,1-3H3,(H,20,24,26). The van der Waals surface area contributed by atoms with Gasteiger partial charge in [-0.1, -0.05) is 0 Å². The van der Waals surface area contributed by atoms with Gasteiger partial charge in [0.15, 0.2) is 0 Å². The molecule has 0 aromatic carbocycles. The Morgan fingerprint density at radius 1 is 1.19 bits per heavy atom. The van der Waals surface area contributed by atoms with E-state index in [2.05, 4.69) is 30.4 Å². The van der Waals surface area contributed by atoms with Crippen molar-refractivity contribution in [1.29, 1.82) is 0 Å². The molecule has 0 radical (unpaired) electrons. The quantitative estimate of drug-likeness (QED) is 0.593. The number of rotatable bonds is 3. The number of nitrogens with one attached hydrogen (secondary N) is 2. The molecule has 0 aliphatic carbocycles. The number of carbonyl (C=O) groups is 1. The third-order valence-electron chi connectivity index (χ3n) is 4.28. The second kappa shape index (κ2) is 6.07. The van der Waals surface area contributed by atoms with Crippen molar-refractivity contribution in [3.05, 3.63) is 53.9 Å². The molecule has 0 fully saturated rings. The van der Waals surface area contributed by atoms with Crippen molar-refractivity contribution in [2.45, 2.75) is 13.8 Å². The summed E-state index contributed by atoms with van der Waals surface area (Å²) in [5, 5.41) is 7.84. The Kier molecular flexibility index (Phi) is 3.72. The molecular formula is C18H17N7O. The van der Waals surface area contributed by atoms with Crippen LogP contribution in [0.3, 0.4) is 0 Å². The number of anilines is 1. The van der Waals surface area contributed by atoms with Crippen molar-refractivity contribution in [2.24, 2.45) is 7.05 Å². The van der Waals surface area contributed by atoms with Gasteiger partial charge in [0.1, 0.15) is 11.6 Å². The Bertz CT molecular complexity index is 1130. The Balaban J connectivity index is 1.63. The lowest BCUT2D eigenvalue weighted by Crippen LogP contribution is -2.13. The molecule has 8 heteroatoms. The van der Waals surface area contributed by atoms with E-state index in [1.165, 1.54) is 0 Å². The smallest absolute Gasteiger partial charge is 0.260 e. The molecule has 0 bridgehead atoms. The van der Waals surface area contributed by atoms with E-state index in [9.17, 15) is 4.79 Å². The predicted molar refractivity (Wildman–Crippen MR) is 97.8 cm³/mol. The molecule has 26 heavy (non-hydrogen) atoms. The molecule has 8 nitrogen and oxygen atoms in total. The first-order valence-electron chi connectivity index (χ1n) is 8.10. The minimum atomic E-state index is -0.236. The van der Waals surface area contributed by atoms with Gasteiger partial charge in [-0.05, 0) is 26.0 Å². The van der Waals surface area contributed by atoms with E-state index in [1.807, 2.05) is 26.0 Å². The molecule has 0 aliphatic heterocycles. The number of aryl methyl sites for hydroxylation is 2. The zero-order valence-electron chi connectivity index (χ0n) is 14.6. The van der Waals surface area contributed by atoms with Crippen LogP contribution in [-0.4, -0.2) is 35.6 Å². The lowest BCUT2D eigenvalue weighted by Gasteiger charge is -2.04. The van der Waals surface area contributed by atoms with Crippen LogP contribution < -0.4 is 5.32 Å². The summed E-state index contributed by atoms with van der Waals surface area (Å²) in [7, 11) is 1.80. The molecule has 4 heterocycles. The van der Waals surface area contributed by atoms with Gasteiger partial charge in [-0.15, -0.1) is 0 Å². The minimum absolute atomic E-state index is 0.236. The summed E-state index contributed by atoms with van der Waals surface area (Å²) in [6.45, 7) is 3.70. The number of hydrogen-bond acceptors (Lipinski definition) is 5. The van der Waals surface area contributed by atoms with Crippen molar-refractivity contribution in [2.75, 3.05) is 5.32 Å². The first kappa shape index (κ1) is 15.9. The maximum Gasteiger partial charge on any atom is 0.260 e. The number of amides is 1. The SMILES string of the molecule is Cc1nccc(-c2cc3cnc(NC(=O)c4cnn(C)c4C)cc3[nH]2)n1. The second-order valence-electron chi connectivity index (χ2n) is 6.05. The molecular weight excluding hydrogens is 330 g/mol. The number of hydrogen-bond donors (Lipinski definition) is 2. The van der Waals surface area contributed by atoms with Crippen molar-refractivity contribution in [1.82, 2.24) is 29.7 Å². The Labute approximate surface area is 149 Å². The Morgan fingerprint density at radius 3 is 2.77 bits per heavy atom. The maximum atomic E-state index is 12.4. The largest absolute Gasteiger partial charge is 0.353 e. The normalized spacial score (nSPS) is 11.0. The number of fused-ring (bicyclic) bond motifs is 1. The first-order chi connectivity index (χ1) is 12.5. The van der Waals surface area contributed by atoms with Crippen LogP contribution in [0.5, 0.6) is 0 Å². The second-order valence-corrected chi connectivity index (χ2v) is 6.05. The van der Waals surface area contributed by atoms with Crippen LogP contribution >= 0.6 is 0 Å². The zero-order chi connectivity index (χ0) is 18.3. The Morgan fingerprint density at radius 2 is 2.04 bits per heavy atom. The molecule has 130 valence electrons. The van der Waals surface area contributed by atoms with E-state index in [0.29, 0.717) is 17.2 Å². The molecule has 2 N–H and O–H groups in total. The highest BCUT2D eigenvalue weighted by Gasteiger charge is 2.14. The van der Waals surface area contributed by atoms with Crippen molar-refractivity contribution >= 4 is 22.6 Å². The van der Waals surface area contributed by atoms with Crippen LogP contribution in [0.15, 0.2) is 36.8 Å². The van der Waals surface area contributed by atoms with Crippen LogP contribution in [0.2, 0.25) is 0 Å². The summed E-state index contributed by atoms with van der Waals surface area (Å²) in [5.74, 6) is 0.942. The van der Waals surface area contributed by atoms with E-state index in [4.69, 9.17) is 0 Å². The van der Waals surface area contributed by atoms with Crippen LogP contribution in [0.1, 0.15) is 21.9 Å². The summed E-state index contributed by atoms with van der Waals surface area (Å²) in [5.41, 5.74) is 3.87. The molecule has 0 atom stereocenters. The van der Waals surface area contributed by atoms with Crippen LogP contribution in [0, 0.1) is 13.8 Å². The minimum Gasteiger partial charge on any atom is -0.353 e. The molecule has 0 spiro atoms. The number of carbonyl (C=O) groups excluding carboxylic acids is 1. The fourth-order valence-corrected chi connectivity index (χ4v) is 2.74. The molecule has 0 saturated carbocycles. The van der Waals surface area contributed by atoms with Crippen molar-refractivity contribution < 1.29 is 4.79 Å². The van der Waals surface area contributed by atoms with E-state index >= 15 is 0 Å². The van der Waals surface area contributed by atoms with Gasteiger partial charge in [-0.2, -0.15) is 5.10 Å². The van der Waals surface area contributed by atoms with Gasteiger partial charge in [-0.25, -0.2) is 15.0 Å². The molecule has 1 amide bonds. The highest BCUT2D eigenvalue weighted by atomic mass is 16.1. The van der Waals surface area contributed by atoms with Gasteiger partial charge in [0.2, 0.25) is 0 Å². The summed E-state index contributed by atoms with van der Waals surface area (Å²) in [6.07, 6.45) is 4.99. The first-order valence-corrected chi connectivity index (χ1v) is 8.10. The van der Waals surface area contributed by atoms with E-state index < -0.39 is 0 Å². The molecule has 0 unspecified atom stereocenters. The van der Waals surface area contributed by atoms with Crippen molar-refractivity contribution in [3.63, 3.8) is 0 Å². The van der Waals surface area contributed by atoms with E-state index in [-0.39, 0.29) is 5.91 Å². The van der Waals surface area contributed by atoms with Crippen LogP contribution in [-0.2, 0) is 7.05 Å². The fraction of sp³-hybridized carbons (Fsp3) is 0.167. The van der Waals surface area contributed by atoms with Gasteiger partial charge in [0.25, 0.3) is 5.91 Å². The Hall–Kier alpha value is -3.55. The highest BCUT2D eigenvalue weighted by molar-refractivity contribution is 6.05. The third-order valence-corrected chi connectivity index (χ3v) is 4.28. The van der Waals surface area contributed by atoms with Gasteiger partial charge in [0.05, 0.1) is 28.7 Å². The zero-order valence-corrected chi connectivity index (χ0v) is 14.6. The average molecular weight is 347 g/mol. The number of nitrogens with zero attached hydrogens (tertiary/aromatic N) is 5. The van der Waals surface area contributed by atoms with Crippen LogP contribution in [0.25, 0.3) is 22.3 Å². The summed E-state index contributed by atoms with van der Waals surface area (Å²) in [6, 6.07) is 5.62. The van der Waals surface area contributed by atoms with Gasteiger partial charge >= 0.3 is 0 Å². The van der Waals surface area contributed by atoms with Crippen LogP contribution in [0.4, 0.5) is 5.82 Å². The monoisotopic (exact) mass is 347 g/mol. The average Bonchev–Trinajstić information content (AvgIpc) is 3.18. The number of aromatic amines is 1. The molecule has 0 aliphatic rings. The lowest BCUT2D eigenvalue weighted by atomic mass is 10.2. The predicted octanol–water partition coefficient (Wildman–Crippen LogP) is 2.62. The molecule has 4 rings (SSSR count). The lowest BCUT2D eigenvalue weighted by molar-refractivity contribution is 0.102. The molecule has 4 aromatic rings. The van der Waals surface area contributed by atoms with Gasteiger partial charge in [0, 0.05) is 36.6 Å². The summed E-state index contributed by atoms with van der Waals surface area (Å²) >= 11 is 0. The van der Waals surface area contributed by atoms with Gasteiger partial charge < -0.3 is 10.3 Å². The summed E-state index contributed by atoms with van der Waals surface area (Å²) in [4.78, 5) is 28.6. The number of pyridine rings is 1. The maximum absolute atomic E-state index is 12.4. The summed E-state index contributed by atoms with van der Waals surface area (Å²) < 4.78 is 1.66. The molecule has 4 aromatic heterocycles. The fourth-order valence-electron chi connectivity index (χ4n) is 2.74. The topological polar surface area (TPSA) is 101 Å².